The first-order chi connectivity index (χ1) is 9.86. The van der Waals surface area contributed by atoms with Crippen LogP contribution in [0.4, 0.5) is 0 Å². The Kier molecular flexibility index (Phi) is 9.92. The van der Waals surface area contributed by atoms with Crippen molar-refractivity contribution >= 4 is 0 Å². The molecule has 0 radical (unpaired) electrons. The first-order valence-electron chi connectivity index (χ1n) is 7.27. The molecule has 0 aliphatic carbocycles. The molecule has 4 nitrogen and oxygen atoms in total. The summed E-state index contributed by atoms with van der Waals surface area (Å²) >= 11 is 0. The Morgan fingerprint density at radius 3 is 2.30 bits per heavy atom. The molecule has 0 bridgehead atoms. The van der Waals surface area contributed by atoms with Gasteiger partial charge in [-0.1, -0.05) is 12.1 Å². The largest absolute Gasteiger partial charge is 0.494 e. The van der Waals surface area contributed by atoms with Crippen molar-refractivity contribution in [3.05, 3.63) is 29.8 Å². The van der Waals surface area contributed by atoms with Crippen LogP contribution in [0, 0.1) is 0 Å². The van der Waals surface area contributed by atoms with Crippen LogP contribution < -0.4 is 10.1 Å². The number of unbranched alkanes of at least 4 members (excludes halogenated alkanes) is 1. The van der Waals surface area contributed by atoms with E-state index in [-0.39, 0.29) is 0 Å². The fraction of sp³-hybridized carbons (Fsp3) is 0.625. The third kappa shape index (κ3) is 8.15. The summed E-state index contributed by atoms with van der Waals surface area (Å²) in [5, 5.41) is 3.32. The summed E-state index contributed by atoms with van der Waals surface area (Å²) < 4.78 is 15.7. The Labute approximate surface area is 122 Å². The summed E-state index contributed by atoms with van der Waals surface area (Å²) in [5.41, 5.74) is 1.28. The summed E-state index contributed by atoms with van der Waals surface area (Å²) in [5.74, 6) is 0.943. The van der Waals surface area contributed by atoms with Crippen molar-refractivity contribution in [1.82, 2.24) is 5.32 Å². The highest BCUT2D eigenvalue weighted by Crippen LogP contribution is 2.13. The van der Waals surface area contributed by atoms with E-state index in [1.54, 1.807) is 14.2 Å². The second kappa shape index (κ2) is 11.7. The van der Waals surface area contributed by atoms with Gasteiger partial charge < -0.3 is 19.5 Å². The molecule has 0 spiro atoms. The van der Waals surface area contributed by atoms with E-state index in [1.807, 2.05) is 12.1 Å². The topological polar surface area (TPSA) is 39.7 Å². The highest BCUT2D eigenvalue weighted by atomic mass is 16.5. The predicted octanol–water partition coefficient (Wildman–Crippen LogP) is 2.27. The van der Waals surface area contributed by atoms with Crippen LogP contribution in [0.5, 0.6) is 5.75 Å². The molecule has 1 N–H and O–H groups in total. The maximum Gasteiger partial charge on any atom is 0.119 e. The van der Waals surface area contributed by atoms with E-state index in [0.29, 0.717) is 0 Å². The minimum absolute atomic E-state index is 0.760. The van der Waals surface area contributed by atoms with Gasteiger partial charge in [-0.15, -0.1) is 0 Å². The molecule has 0 saturated heterocycles. The summed E-state index contributed by atoms with van der Waals surface area (Å²) in [7, 11) is 3.44. The van der Waals surface area contributed by atoms with Crippen LogP contribution in [-0.4, -0.2) is 47.1 Å². The number of benzene rings is 1. The number of hydrogen-bond donors (Lipinski definition) is 1. The van der Waals surface area contributed by atoms with Gasteiger partial charge in [-0.25, -0.2) is 0 Å². The molecule has 0 aliphatic heterocycles. The predicted molar refractivity (Wildman–Crippen MR) is 81.5 cm³/mol. The summed E-state index contributed by atoms with van der Waals surface area (Å²) in [6.45, 7) is 4.23. The molecule has 0 aliphatic rings. The summed E-state index contributed by atoms with van der Waals surface area (Å²) in [6.07, 6.45) is 3.13. The van der Waals surface area contributed by atoms with Gasteiger partial charge in [0.05, 0.1) is 19.8 Å². The van der Waals surface area contributed by atoms with Crippen LogP contribution in [-0.2, 0) is 15.9 Å². The van der Waals surface area contributed by atoms with Crippen molar-refractivity contribution < 1.29 is 14.2 Å². The van der Waals surface area contributed by atoms with E-state index in [2.05, 4.69) is 17.4 Å². The van der Waals surface area contributed by atoms with Crippen LogP contribution in [0.2, 0.25) is 0 Å². The molecule has 0 heterocycles. The maximum absolute atomic E-state index is 5.71. The molecule has 1 rings (SSSR count). The van der Waals surface area contributed by atoms with Crippen LogP contribution in [0.1, 0.15) is 18.4 Å². The Balaban J connectivity index is 2.04. The Morgan fingerprint density at radius 2 is 1.60 bits per heavy atom. The highest BCUT2D eigenvalue weighted by Gasteiger charge is 1.96. The van der Waals surface area contributed by atoms with Gasteiger partial charge in [-0.05, 0) is 43.5 Å². The SMILES string of the molecule is COCCNCCCCOc1ccc(CCOC)cc1. The van der Waals surface area contributed by atoms with Crippen LogP contribution in [0.25, 0.3) is 0 Å². The van der Waals surface area contributed by atoms with Gasteiger partial charge >= 0.3 is 0 Å². The molecular formula is C16H27NO3. The van der Waals surface area contributed by atoms with Gasteiger partial charge in [0, 0.05) is 20.8 Å². The van der Waals surface area contributed by atoms with Crippen molar-refractivity contribution in [3.8, 4) is 5.75 Å². The first kappa shape index (κ1) is 17.0. The minimum Gasteiger partial charge on any atom is -0.494 e. The summed E-state index contributed by atoms with van der Waals surface area (Å²) in [4.78, 5) is 0. The van der Waals surface area contributed by atoms with Gasteiger partial charge in [-0.3, -0.25) is 0 Å². The molecule has 0 amide bonds. The molecule has 20 heavy (non-hydrogen) atoms. The van der Waals surface area contributed by atoms with Crippen molar-refractivity contribution in [1.29, 1.82) is 0 Å². The quantitative estimate of drug-likeness (QED) is 0.597. The van der Waals surface area contributed by atoms with E-state index in [9.17, 15) is 0 Å². The second-order valence-electron chi connectivity index (χ2n) is 4.69. The lowest BCUT2D eigenvalue weighted by molar-refractivity contribution is 0.199. The molecule has 0 atom stereocenters. The molecule has 114 valence electrons. The van der Waals surface area contributed by atoms with Gasteiger partial charge in [0.15, 0.2) is 0 Å². The van der Waals surface area contributed by atoms with Crippen molar-refractivity contribution in [2.75, 3.05) is 47.1 Å². The number of hydrogen-bond acceptors (Lipinski definition) is 4. The first-order valence-corrected chi connectivity index (χ1v) is 7.27. The van der Waals surface area contributed by atoms with Gasteiger partial charge in [0.2, 0.25) is 0 Å². The van der Waals surface area contributed by atoms with Gasteiger partial charge in [0.25, 0.3) is 0 Å². The smallest absolute Gasteiger partial charge is 0.119 e. The van der Waals surface area contributed by atoms with Crippen molar-refractivity contribution in [3.63, 3.8) is 0 Å². The molecule has 4 heteroatoms. The van der Waals surface area contributed by atoms with Crippen LogP contribution >= 0.6 is 0 Å². The van der Waals surface area contributed by atoms with Crippen molar-refractivity contribution in [2.24, 2.45) is 0 Å². The van der Waals surface area contributed by atoms with Crippen molar-refractivity contribution in [2.45, 2.75) is 19.3 Å². The average Bonchev–Trinajstić information content (AvgIpc) is 2.49. The zero-order valence-electron chi connectivity index (χ0n) is 12.7. The fourth-order valence-corrected chi connectivity index (χ4v) is 1.81. The third-order valence-electron chi connectivity index (χ3n) is 3.02. The summed E-state index contributed by atoms with van der Waals surface area (Å²) in [6, 6.07) is 8.25. The number of ether oxygens (including phenoxy) is 3. The molecule has 1 aromatic rings. The Hall–Kier alpha value is -1.10. The molecule has 0 fully saturated rings. The maximum atomic E-state index is 5.71. The van der Waals surface area contributed by atoms with E-state index in [1.165, 1.54) is 5.56 Å². The Morgan fingerprint density at radius 1 is 0.850 bits per heavy atom. The lowest BCUT2D eigenvalue weighted by Crippen LogP contribution is -2.20. The number of methoxy groups -OCH3 is 2. The van der Waals surface area contributed by atoms with E-state index < -0.39 is 0 Å². The molecule has 0 saturated carbocycles. The molecule has 0 unspecified atom stereocenters. The highest BCUT2D eigenvalue weighted by molar-refractivity contribution is 5.27. The van der Waals surface area contributed by atoms with E-state index in [4.69, 9.17) is 14.2 Å². The molecule has 0 aromatic heterocycles. The third-order valence-corrected chi connectivity index (χ3v) is 3.02. The number of rotatable bonds is 12. The van der Waals surface area contributed by atoms with Crippen LogP contribution in [0.15, 0.2) is 24.3 Å². The zero-order chi connectivity index (χ0) is 14.5. The minimum atomic E-state index is 0.760. The molecular weight excluding hydrogens is 254 g/mol. The average molecular weight is 281 g/mol. The van der Waals surface area contributed by atoms with Gasteiger partial charge in [-0.2, -0.15) is 0 Å². The standard InChI is InChI=1S/C16H27NO3/c1-18-13-9-15-5-7-16(8-6-15)20-12-4-3-10-17-11-14-19-2/h5-8,17H,3-4,9-14H2,1-2H3. The molecule has 1 aromatic carbocycles. The Bertz CT molecular complexity index is 327. The lowest BCUT2D eigenvalue weighted by atomic mass is 10.1. The second-order valence-corrected chi connectivity index (χ2v) is 4.69. The van der Waals surface area contributed by atoms with E-state index >= 15 is 0 Å². The monoisotopic (exact) mass is 281 g/mol. The van der Waals surface area contributed by atoms with Gasteiger partial charge in [0.1, 0.15) is 5.75 Å². The number of nitrogens with one attached hydrogen (secondary N) is 1. The van der Waals surface area contributed by atoms with Crippen LogP contribution in [0.3, 0.4) is 0 Å². The van der Waals surface area contributed by atoms with E-state index in [0.717, 1.165) is 57.9 Å². The lowest BCUT2D eigenvalue weighted by Gasteiger charge is -2.08. The zero-order valence-corrected chi connectivity index (χ0v) is 12.7. The fourth-order valence-electron chi connectivity index (χ4n) is 1.81. The normalized spacial score (nSPS) is 10.7.